The second-order valence-corrected chi connectivity index (χ2v) is 11.7. The predicted octanol–water partition coefficient (Wildman–Crippen LogP) is 2.46. The van der Waals surface area contributed by atoms with Crippen LogP contribution in [0.1, 0.15) is 31.8 Å². The first-order valence-electron chi connectivity index (χ1n) is 13.2. The van der Waals surface area contributed by atoms with Gasteiger partial charge in [-0.05, 0) is 53.9 Å². The number of benzene rings is 3. The van der Waals surface area contributed by atoms with Gasteiger partial charge in [-0.1, -0.05) is 36.4 Å². The normalized spacial score (nSPS) is 12.2. The largest absolute Gasteiger partial charge is 0.490 e. The van der Waals surface area contributed by atoms with E-state index in [0.717, 1.165) is 15.4 Å². The van der Waals surface area contributed by atoms with Gasteiger partial charge in [0.15, 0.2) is 0 Å². The molecule has 1 aliphatic heterocycles. The van der Waals surface area contributed by atoms with Gasteiger partial charge < -0.3 is 21.7 Å². The van der Waals surface area contributed by atoms with Crippen molar-refractivity contribution in [3.63, 3.8) is 0 Å². The quantitative estimate of drug-likeness (QED) is 0.278. The number of primary amides is 1. The molecule has 13 nitrogen and oxygen atoms in total. The number of aliphatic carboxylic acids is 2. The van der Waals surface area contributed by atoms with Gasteiger partial charge in [0, 0.05) is 44.0 Å². The van der Waals surface area contributed by atoms with Crippen LogP contribution in [0.15, 0.2) is 72.8 Å². The van der Waals surface area contributed by atoms with Crippen LogP contribution in [-0.2, 0) is 32.8 Å². The molecule has 46 heavy (non-hydrogen) atoms. The Morgan fingerprint density at radius 1 is 0.913 bits per heavy atom. The third-order valence-corrected chi connectivity index (χ3v) is 8.08. The fourth-order valence-electron chi connectivity index (χ4n) is 3.95. The van der Waals surface area contributed by atoms with Gasteiger partial charge in [-0.3, -0.25) is 23.6 Å². The van der Waals surface area contributed by atoms with E-state index in [1.54, 1.807) is 54.6 Å². The van der Waals surface area contributed by atoms with Crippen LogP contribution in [0.25, 0.3) is 0 Å². The first kappa shape index (κ1) is 37.2. The molecule has 2 amide bonds. The van der Waals surface area contributed by atoms with E-state index in [1.807, 2.05) is 12.1 Å². The third-order valence-electron chi connectivity index (χ3n) is 6.22. The van der Waals surface area contributed by atoms with Gasteiger partial charge in [0.2, 0.25) is 5.91 Å². The van der Waals surface area contributed by atoms with Crippen LogP contribution >= 0.6 is 0 Å². The van der Waals surface area contributed by atoms with Gasteiger partial charge >= 0.3 is 28.3 Å². The highest BCUT2D eigenvalue weighted by atomic mass is 32.2. The standard InChI is InChI=1S/C16H16N2O3.C11H15N3O3S.C2HF3O2/c17-10-12-5-4-6-13(9-12)16(21)18(11-15(19)20)14-7-2-1-3-8-14;1-13(2)18(16,17)14-6-5-8-3-4-9(11(12)15)7-10(8)14;3-2(4,5)1(6)7/h1-9H,10-11,17H2,(H,19,20);3-4,7H,5-6H2,1-2H3,(H2,12,15);(H,6,7). The Hall–Kier alpha value is -5.00. The SMILES string of the molecule is CN(C)S(=O)(=O)N1CCc2ccc(C(N)=O)cc21.NCc1cccc(C(=O)N(CC(=O)O)c2ccccc2)c1.O=C(O)C(F)(F)F. The summed E-state index contributed by atoms with van der Waals surface area (Å²) in [4.78, 5) is 44.9. The summed E-state index contributed by atoms with van der Waals surface area (Å²) in [6, 6.07) is 20.5. The molecule has 0 radical (unpaired) electrons. The molecule has 3 aromatic carbocycles. The van der Waals surface area contributed by atoms with Crippen molar-refractivity contribution >= 4 is 45.3 Å². The average Bonchev–Trinajstić information content (AvgIpc) is 3.44. The summed E-state index contributed by atoms with van der Waals surface area (Å²) in [5, 5.41) is 16.2. The Balaban J connectivity index is 0.000000268. The summed E-state index contributed by atoms with van der Waals surface area (Å²) in [7, 11) is -0.563. The summed E-state index contributed by atoms with van der Waals surface area (Å²) < 4.78 is 58.4. The zero-order chi connectivity index (χ0) is 34.8. The van der Waals surface area contributed by atoms with E-state index in [4.69, 9.17) is 26.5 Å². The number of amides is 2. The lowest BCUT2D eigenvalue weighted by atomic mass is 10.1. The maximum atomic E-state index is 12.6. The Bertz CT molecular complexity index is 1670. The number of carbonyl (C=O) groups is 4. The monoisotopic (exact) mass is 667 g/mol. The molecule has 3 aromatic rings. The number of carboxylic acid groups (broad SMARTS) is 2. The maximum absolute atomic E-state index is 12.6. The molecule has 1 aliphatic rings. The second-order valence-electron chi connectivity index (χ2n) is 9.65. The number of nitrogens with two attached hydrogens (primary N) is 2. The highest BCUT2D eigenvalue weighted by Crippen LogP contribution is 2.31. The van der Waals surface area contributed by atoms with Gasteiger partial charge in [0.25, 0.3) is 5.91 Å². The molecule has 0 saturated carbocycles. The van der Waals surface area contributed by atoms with Crippen molar-refractivity contribution < 1.29 is 51.0 Å². The van der Waals surface area contributed by atoms with Crippen LogP contribution in [0.5, 0.6) is 0 Å². The summed E-state index contributed by atoms with van der Waals surface area (Å²) >= 11 is 0. The zero-order valence-electron chi connectivity index (χ0n) is 24.6. The van der Waals surface area contributed by atoms with Crippen LogP contribution in [0, 0.1) is 0 Å². The average molecular weight is 668 g/mol. The van der Waals surface area contributed by atoms with Gasteiger partial charge in [-0.25, -0.2) is 4.79 Å². The molecule has 0 aromatic heterocycles. The summed E-state index contributed by atoms with van der Waals surface area (Å²) in [5.74, 6) is -4.75. The topological polar surface area (TPSA) is 205 Å². The van der Waals surface area contributed by atoms with E-state index >= 15 is 0 Å². The van der Waals surface area contributed by atoms with E-state index in [-0.39, 0.29) is 5.91 Å². The molecule has 0 aliphatic carbocycles. The summed E-state index contributed by atoms with van der Waals surface area (Å²) in [6.45, 7) is 0.319. The molecule has 6 N–H and O–H groups in total. The summed E-state index contributed by atoms with van der Waals surface area (Å²) in [5.41, 5.74) is 14.3. The molecule has 0 spiro atoms. The molecule has 1 heterocycles. The van der Waals surface area contributed by atoms with Crippen molar-refractivity contribution in [3.05, 3.63) is 95.1 Å². The van der Waals surface area contributed by atoms with E-state index in [2.05, 4.69) is 0 Å². The molecule has 0 bridgehead atoms. The van der Waals surface area contributed by atoms with E-state index in [0.29, 0.717) is 42.0 Å². The fraction of sp³-hybridized carbons (Fsp3) is 0.241. The van der Waals surface area contributed by atoms with Crippen LogP contribution in [0.3, 0.4) is 0 Å². The number of para-hydroxylation sites is 1. The molecular formula is C29H32F3N5O8S. The minimum atomic E-state index is -5.08. The predicted molar refractivity (Wildman–Crippen MR) is 162 cm³/mol. The molecule has 0 unspecified atom stereocenters. The number of halogens is 3. The lowest BCUT2D eigenvalue weighted by Gasteiger charge is -2.23. The number of fused-ring (bicyclic) bond motifs is 1. The van der Waals surface area contributed by atoms with Crippen LogP contribution in [0.4, 0.5) is 24.5 Å². The molecule has 17 heteroatoms. The molecular weight excluding hydrogens is 635 g/mol. The van der Waals surface area contributed by atoms with Gasteiger partial charge in [-0.15, -0.1) is 0 Å². The molecule has 0 fully saturated rings. The number of nitrogens with zero attached hydrogens (tertiary/aromatic N) is 3. The summed E-state index contributed by atoms with van der Waals surface area (Å²) in [6.07, 6.45) is -4.44. The fourth-order valence-corrected chi connectivity index (χ4v) is 5.09. The van der Waals surface area contributed by atoms with Crippen molar-refractivity contribution in [1.82, 2.24) is 4.31 Å². The molecule has 4 rings (SSSR count). The molecule has 0 saturated heterocycles. The number of carboxylic acids is 2. The smallest absolute Gasteiger partial charge is 0.480 e. The minimum Gasteiger partial charge on any atom is -0.480 e. The van der Waals surface area contributed by atoms with Crippen molar-refractivity contribution in [2.24, 2.45) is 11.5 Å². The zero-order valence-corrected chi connectivity index (χ0v) is 25.5. The van der Waals surface area contributed by atoms with Gasteiger partial charge in [-0.2, -0.15) is 25.9 Å². The Kier molecular flexibility index (Phi) is 12.8. The minimum absolute atomic E-state index is 0.314. The number of carbonyl (C=O) groups excluding carboxylic acids is 2. The van der Waals surface area contributed by atoms with E-state index < -0.39 is 40.8 Å². The van der Waals surface area contributed by atoms with Gasteiger partial charge in [0.1, 0.15) is 6.54 Å². The Morgan fingerprint density at radius 3 is 2.02 bits per heavy atom. The van der Waals surface area contributed by atoms with Crippen molar-refractivity contribution in [3.8, 4) is 0 Å². The van der Waals surface area contributed by atoms with Crippen molar-refractivity contribution in [2.75, 3.05) is 36.4 Å². The maximum Gasteiger partial charge on any atom is 0.490 e. The second kappa shape index (κ2) is 15.8. The Labute approximate surface area is 262 Å². The number of alkyl halides is 3. The number of hydrogen-bond acceptors (Lipinski definition) is 7. The van der Waals surface area contributed by atoms with Crippen molar-refractivity contribution in [1.29, 1.82) is 0 Å². The number of anilines is 2. The highest BCUT2D eigenvalue weighted by Gasteiger charge is 2.38. The number of rotatable bonds is 8. The van der Waals surface area contributed by atoms with Crippen LogP contribution < -0.4 is 20.7 Å². The number of hydrogen-bond donors (Lipinski definition) is 4. The van der Waals surface area contributed by atoms with Gasteiger partial charge in [0.05, 0.1) is 5.69 Å². The van der Waals surface area contributed by atoms with Crippen molar-refractivity contribution in [2.45, 2.75) is 19.1 Å². The lowest BCUT2D eigenvalue weighted by molar-refractivity contribution is -0.192. The van der Waals surface area contributed by atoms with E-state index in [1.165, 1.54) is 29.4 Å². The first-order chi connectivity index (χ1) is 21.4. The first-order valence-corrected chi connectivity index (χ1v) is 14.6. The Morgan fingerprint density at radius 2 is 1.52 bits per heavy atom. The highest BCUT2D eigenvalue weighted by molar-refractivity contribution is 7.90. The molecule has 248 valence electrons. The van der Waals surface area contributed by atoms with Crippen LogP contribution in [0.2, 0.25) is 0 Å². The van der Waals surface area contributed by atoms with Crippen LogP contribution in [-0.4, -0.2) is 80.1 Å². The molecule has 0 atom stereocenters. The van der Waals surface area contributed by atoms with E-state index in [9.17, 15) is 36.0 Å². The third kappa shape index (κ3) is 10.0. The lowest BCUT2D eigenvalue weighted by Crippen LogP contribution is -2.39.